The van der Waals surface area contributed by atoms with Gasteiger partial charge >= 0.3 is 6.18 Å². The monoisotopic (exact) mass is 431 g/mol. The second-order valence-electron chi connectivity index (χ2n) is 6.52. The van der Waals surface area contributed by atoms with Crippen LogP contribution < -0.4 is 5.32 Å². The zero-order valence-corrected chi connectivity index (χ0v) is 15.8. The van der Waals surface area contributed by atoms with Crippen LogP contribution in [0.4, 0.5) is 23.2 Å². The van der Waals surface area contributed by atoms with Crippen molar-refractivity contribution in [3.63, 3.8) is 0 Å². The van der Waals surface area contributed by atoms with Crippen molar-refractivity contribution in [3.8, 4) is 0 Å². The second-order valence-corrected chi connectivity index (χ2v) is 6.92. The van der Waals surface area contributed by atoms with Crippen molar-refractivity contribution in [2.75, 3.05) is 18.4 Å². The van der Waals surface area contributed by atoms with Crippen LogP contribution >= 0.6 is 11.6 Å². The SMILES string of the molecule is OCc1cnc(C2=CCN(C(O)Nc3ccc(C(F)(F)F)c(F)c3)CC2)c(Cl)c1. The summed E-state index contributed by atoms with van der Waals surface area (Å²) in [6, 6.07) is 4.02. The van der Waals surface area contributed by atoms with Gasteiger partial charge in [0, 0.05) is 25.0 Å². The molecule has 0 spiro atoms. The molecule has 0 fully saturated rings. The molecule has 1 atom stereocenters. The molecule has 29 heavy (non-hydrogen) atoms. The van der Waals surface area contributed by atoms with Crippen molar-refractivity contribution >= 4 is 22.9 Å². The number of hydrogen-bond acceptors (Lipinski definition) is 5. The molecular formula is C19H18ClF4N3O2. The molecule has 1 aliphatic rings. The molecule has 1 aromatic heterocycles. The Morgan fingerprint density at radius 1 is 1.28 bits per heavy atom. The number of aliphatic hydroxyl groups is 2. The van der Waals surface area contributed by atoms with Gasteiger partial charge in [-0.2, -0.15) is 13.2 Å². The average Bonchev–Trinajstić information content (AvgIpc) is 2.67. The van der Waals surface area contributed by atoms with Crippen LogP contribution in [0.5, 0.6) is 0 Å². The summed E-state index contributed by atoms with van der Waals surface area (Å²) in [5, 5.41) is 22.4. The molecule has 10 heteroatoms. The maximum atomic E-state index is 13.7. The predicted octanol–water partition coefficient (Wildman–Crippen LogP) is 3.86. The number of rotatable bonds is 5. The van der Waals surface area contributed by atoms with E-state index in [9.17, 15) is 22.7 Å². The van der Waals surface area contributed by atoms with Crippen molar-refractivity contribution in [1.82, 2.24) is 9.88 Å². The number of hydrogen-bond donors (Lipinski definition) is 3. The van der Waals surface area contributed by atoms with E-state index in [4.69, 9.17) is 16.7 Å². The van der Waals surface area contributed by atoms with E-state index < -0.39 is 23.9 Å². The van der Waals surface area contributed by atoms with E-state index in [0.717, 1.165) is 11.6 Å². The van der Waals surface area contributed by atoms with Crippen LogP contribution in [0.1, 0.15) is 23.2 Å². The van der Waals surface area contributed by atoms with E-state index in [-0.39, 0.29) is 12.3 Å². The fraction of sp³-hybridized carbons (Fsp3) is 0.316. The molecule has 0 radical (unpaired) electrons. The van der Waals surface area contributed by atoms with Crippen molar-refractivity contribution in [2.45, 2.75) is 25.6 Å². The van der Waals surface area contributed by atoms with E-state index in [0.29, 0.717) is 47.9 Å². The van der Waals surface area contributed by atoms with Gasteiger partial charge in [-0.05, 0) is 41.8 Å². The molecule has 0 aliphatic carbocycles. The molecule has 1 unspecified atom stereocenters. The predicted molar refractivity (Wildman–Crippen MR) is 100 cm³/mol. The molecule has 3 N–H and O–H groups in total. The lowest BCUT2D eigenvalue weighted by Crippen LogP contribution is -2.43. The van der Waals surface area contributed by atoms with Gasteiger partial charge in [0.25, 0.3) is 0 Å². The molecule has 156 valence electrons. The van der Waals surface area contributed by atoms with Crippen LogP contribution in [0.15, 0.2) is 36.5 Å². The molecule has 5 nitrogen and oxygen atoms in total. The summed E-state index contributed by atoms with van der Waals surface area (Å²) in [4.78, 5) is 5.88. The summed E-state index contributed by atoms with van der Waals surface area (Å²) in [6.07, 6.45) is -2.12. The largest absolute Gasteiger partial charge is 0.419 e. The molecular weight excluding hydrogens is 414 g/mol. The highest BCUT2D eigenvalue weighted by atomic mass is 35.5. The topological polar surface area (TPSA) is 68.6 Å². The van der Waals surface area contributed by atoms with Gasteiger partial charge in [-0.25, -0.2) is 4.39 Å². The van der Waals surface area contributed by atoms with Gasteiger partial charge in [0.1, 0.15) is 5.82 Å². The summed E-state index contributed by atoms with van der Waals surface area (Å²) in [5.74, 6) is -1.41. The minimum absolute atomic E-state index is 0.0297. The van der Waals surface area contributed by atoms with Crippen LogP contribution in [0.25, 0.3) is 5.57 Å². The minimum Gasteiger partial charge on any atom is -0.392 e. The normalized spacial score (nSPS) is 16.4. The molecule has 0 bridgehead atoms. The average molecular weight is 432 g/mol. The zero-order valence-electron chi connectivity index (χ0n) is 15.0. The summed E-state index contributed by atoms with van der Waals surface area (Å²) in [6.45, 7) is 0.581. The van der Waals surface area contributed by atoms with Gasteiger partial charge in [0.15, 0.2) is 6.35 Å². The number of halogens is 5. The Hall–Kier alpha value is -2.20. The molecule has 1 aliphatic heterocycles. The third-order valence-corrected chi connectivity index (χ3v) is 4.83. The first-order valence-corrected chi connectivity index (χ1v) is 9.07. The fourth-order valence-electron chi connectivity index (χ4n) is 3.00. The maximum Gasteiger partial charge on any atom is 0.419 e. The van der Waals surface area contributed by atoms with Crippen LogP contribution in [0.2, 0.25) is 5.02 Å². The van der Waals surface area contributed by atoms with Gasteiger partial charge in [0.2, 0.25) is 0 Å². The number of nitrogens with one attached hydrogen (secondary N) is 1. The molecule has 2 aromatic rings. The van der Waals surface area contributed by atoms with Crippen LogP contribution in [0.3, 0.4) is 0 Å². The first-order chi connectivity index (χ1) is 13.7. The summed E-state index contributed by atoms with van der Waals surface area (Å²) in [7, 11) is 0. The number of nitrogens with zero attached hydrogens (tertiary/aromatic N) is 2. The molecule has 1 aromatic carbocycles. The van der Waals surface area contributed by atoms with Crippen LogP contribution in [-0.4, -0.2) is 39.5 Å². The minimum atomic E-state index is -4.78. The molecule has 2 heterocycles. The van der Waals surface area contributed by atoms with E-state index in [2.05, 4.69) is 10.3 Å². The number of pyridine rings is 1. The van der Waals surface area contributed by atoms with Crippen molar-refractivity contribution in [1.29, 1.82) is 0 Å². The van der Waals surface area contributed by atoms with E-state index in [1.165, 1.54) is 6.20 Å². The third-order valence-electron chi connectivity index (χ3n) is 4.54. The Labute approximate surface area is 169 Å². The number of anilines is 1. The Kier molecular flexibility index (Phi) is 6.42. The smallest absolute Gasteiger partial charge is 0.392 e. The summed E-state index contributed by atoms with van der Waals surface area (Å²) >= 11 is 6.20. The lowest BCUT2D eigenvalue weighted by Gasteiger charge is -2.31. The van der Waals surface area contributed by atoms with Crippen molar-refractivity contribution in [3.05, 3.63) is 64.2 Å². The van der Waals surface area contributed by atoms with E-state index in [1.807, 2.05) is 6.08 Å². The Balaban J connectivity index is 1.65. The highest BCUT2D eigenvalue weighted by molar-refractivity contribution is 6.32. The quantitative estimate of drug-likeness (QED) is 0.495. The number of aliphatic hydroxyl groups excluding tert-OH is 2. The van der Waals surface area contributed by atoms with Gasteiger partial charge < -0.3 is 15.5 Å². The van der Waals surface area contributed by atoms with Gasteiger partial charge in [-0.1, -0.05) is 17.7 Å². The lowest BCUT2D eigenvalue weighted by molar-refractivity contribution is -0.139. The van der Waals surface area contributed by atoms with Gasteiger partial charge in [-0.3, -0.25) is 9.88 Å². The number of benzene rings is 1. The highest BCUT2D eigenvalue weighted by Gasteiger charge is 2.34. The van der Waals surface area contributed by atoms with E-state index >= 15 is 0 Å². The lowest BCUT2D eigenvalue weighted by atomic mass is 10.0. The van der Waals surface area contributed by atoms with Gasteiger partial charge in [-0.15, -0.1) is 0 Å². The summed E-state index contributed by atoms with van der Waals surface area (Å²) < 4.78 is 51.6. The molecule has 0 saturated carbocycles. The Bertz CT molecular complexity index is 921. The third kappa shape index (κ3) is 5.05. The highest BCUT2D eigenvalue weighted by Crippen LogP contribution is 2.33. The van der Waals surface area contributed by atoms with Crippen molar-refractivity contribution in [2.24, 2.45) is 0 Å². The molecule has 0 amide bonds. The van der Waals surface area contributed by atoms with Gasteiger partial charge in [0.05, 0.1) is 22.9 Å². The molecule has 0 saturated heterocycles. The molecule has 3 rings (SSSR count). The van der Waals surface area contributed by atoms with Crippen LogP contribution in [0, 0.1) is 5.82 Å². The Morgan fingerprint density at radius 2 is 2.03 bits per heavy atom. The van der Waals surface area contributed by atoms with E-state index in [1.54, 1.807) is 11.0 Å². The van der Waals surface area contributed by atoms with Crippen molar-refractivity contribution < 1.29 is 27.8 Å². The summed E-state index contributed by atoms with van der Waals surface area (Å²) in [5.41, 5.74) is 0.737. The first kappa shape index (κ1) is 21.5. The Morgan fingerprint density at radius 3 is 2.59 bits per heavy atom. The first-order valence-electron chi connectivity index (χ1n) is 8.69. The number of aromatic nitrogens is 1. The standard InChI is InChI=1S/C19H18ClF4N3O2/c20-15-7-11(10-28)9-25-17(15)12-3-5-27(6-4-12)18(29)26-13-1-2-14(16(21)8-13)19(22,23)24/h1-3,7-9,18,26,28-29H,4-6,10H2. The van der Waals surface area contributed by atoms with Crippen LogP contribution in [-0.2, 0) is 12.8 Å². The maximum absolute atomic E-state index is 13.7. The fourth-order valence-corrected chi connectivity index (χ4v) is 3.31. The number of alkyl halides is 3. The zero-order chi connectivity index (χ0) is 21.2. The second kappa shape index (κ2) is 8.66.